The van der Waals surface area contributed by atoms with Gasteiger partial charge in [-0.1, -0.05) is 12.1 Å². The lowest BCUT2D eigenvalue weighted by molar-refractivity contribution is -0.277. The van der Waals surface area contributed by atoms with Gasteiger partial charge in [0.1, 0.15) is 59.1 Å². The predicted octanol–water partition coefficient (Wildman–Crippen LogP) is -0.0170. The van der Waals surface area contributed by atoms with E-state index in [1.165, 1.54) is 18.2 Å². The van der Waals surface area contributed by atoms with Crippen LogP contribution in [0.2, 0.25) is 0 Å². The number of phenols is 2. The van der Waals surface area contributed by atoms with Crippen LogP contribution >= 0.6 is 0 Å². The Balaban J connectivity index is 1.59. The smallest absolute Gasteiger partial charge is 0.229 e. The second kappa shape index (κ2) is 8.33. The average molecular weight is 434 g/mol. The first kappa shape index (κ1) is 21.3. The van der Waals surface area contributed by atoms with Crippen molar-refractivity contribution in [2.75, 3.05) is 6.61 Å². The summed E-state index contributed by atoms with van der Waals surface area (Å²) in [4.78, 5) is 12.6. The van der Waals surface area contributed by atoms with Gasteiger partial charge in [0.25, 0.3) is 0 Å². The van der Waals surface area contributed by atoms with E-state index >= 15 is 0 Å². The van der Waals surface area contributed by atoms with Gasteiger partial charge in [0.15, 0.2) is 5.78 Å². The zero-order valence-corrected chi connectivity index (χ0v) is 16.2. The number of ether oxygens (including phenoxy) is 3. The molecule has 6 N–H and O–H groups in total. The summed E-state index contributed by atoms with van der Waals surface area (Å²) < 4.78 is 16.7. The first-order chi connectivity index (χ1) is 14.8. The maximum atomic E-state index is 12.6. The maximum Gasteiger partial charge on any atom is 0.229 e. The Hall–Kier alpha value is -2.89. The fourth-order valence-corrected chi connectivity index (χ4v) is 3.66. The van der Waals surface area contributed by atoms with E-state index in [1.807, 2.05) is 0 Å². The highest BCUT2D eigenvalue weighted by Gasteiger charge is 2.45. The molecule has 10 nitrogen and oxygen atoms in total. The summed E-state index contributed by atoms with van der Waals surface area (Å²) in [7, 11) is 0. The molecule has 10 heteroatoms. The Morgan fingerprint density at radius 3 is 2.39 bits per heavy atom. The number of ketones is 1. The molecule has 166 valence electrons. The lowest BCUT2D eigenvalue weighted by Gasteiger charge is -2.39. The number of fused-ring (bicyclic) bond motifs is 1. The standard InChI is InChI=1S/C21H22O10/c22-8-16-18(26)19(27)20(28)21(31-16)29-11-5-12(24)17-13(25)7-14(30-15(17)6-11)9-1-3-10(23)4-2-9/h1-6,14,16,18-24,26-28H,7-8H2/t14?,16-,18-,19+,20+,21-/m0/s1. The number of carbonyl (C=O) groups is 1. The van der Waals surface area contributed by atoms with Crippen LogP contribution in [-0.4, -0.2) is 73.7 Å². The Bertz CT molecular complexity index is 957. The van der Waals surface area contributed by atoms with Gasteiger partial charge in [-0.2, -0.15) is 0 Å². The van der Waals surface area contributed by atoms with Crippen LogP contribution in [0.5, 0.6) is 23.0 Å². The van der Waals surface area contributed by atoms with Crippen molar-refractivity contribution in [3.8, 4) is 23.0 Å². The molecule has 0 radical (unpaired) electrons. The minimum Gasteiger partial charge on any atom is -0.508 e. The molecule has 1 saturated heterocycles. The third-order valence-electron chi connectivity index (χ3n) is 5.34. The third-order valence-corrected chi connectivity index (χ3v) is 5.34. The van der Waals surface area contributed by atoms with Crippen molar-refractivity contribution in [2.45, 2.75) is 43.2 Å². The Kier molecular flexibility index (Phi) is 5.73. The van der Waals surface area contributed by atoms with E-state index in [0.29, 0.717) is 5.56 Å². The summed E-state index contributed by atoms with van der Waals surface area (Å²) in [5.74, 6) is -0.657. The molecule has 31 heavy (non-hydrogen) atoms. The van der Waals surface area contributed by atoms with E-state index in [4.69, 9.17) is 14.2 Å². The molecule has 2 aliphatic rings. The summed E-state index contributed by atoms with van der Waals surface area (Å²) in [6.45, 7) is -0.619. The van der Waals surface area contributed by atoms with Crippen molar-refractivity contribution in [1.82, 2.24) is 0 Å². The molecule has 2 aromatic rings. The van der Waals surface area contributed by atoms with Crippen LogP contribution in [0, 0.1) is 0 Å². The van der Waals surface area contributed by atoms with Crippen molar-refractivity contribution < 1.29 is 49.6 Å². The third kappa shape index (κ3) is 4.03. The van der Waals surface area contributed by atoms with Crippen LogP contribution in [0.4, 0.5) is 0 Å². The van der Waals surface area contributed by atoms with Crippen molar-refractivity contribution in [1.29, 1.82) is 0 Å². The van der Waals surface area contributed by atoms with Crippen LogP contribution in [-0.2, 0) is 4.74 Å². The van der Waals surface area contributed by atoms with Crippen LogP contribution in [0.1, 0.15) is 28.4 Å². The van der Waals surface area contributed by atoms with Crippen LogP contribution in [0.25, 0.3) is 0 Å². The zero-order chi connectivity index (χ0) is 22.3. The number of benzene rings is 2. The topological polar surface area (TPSA) is 166 Å². The Labute approximate surface area is 176 Å². The number of hydrogen-bond acceptors (Lipinski definition) is 10. The Morgan fingerprint density at radius 2 is 1.71 bits per heavy atom. The van der Waals surface area contributed by atoms with Crippen molar-refractivity contribution in [2.24, 2.45) is 0 Å². The highest BCUT2D eigenvalue weighted by atomic mass is 16.7. The number of Topliss-reactive ketones (excluding diaryl/α,β-unsaturated/α-hetero) is 1. The summed E-state index contributed by atoms with van der Waals surface area (Å²) >= 11 is 0. The number of aliphatic hydroxyl groups is 4. The maximum absolute atomic E-state index is 12.6. The second-order valence-electron chi connectivity index (χ2n) is 7.46. The molecule has 0 aromatic heterocycles. The summed E-state index contributed by atoms with van der Waals surface area (Å²) in [5, 5.41) is 59.0. The van der Waals surface area contributed by atoms with Gasteiger partial charge in [-0.3, -0.25) is 4.79 Å². The monoisotopic (exact) mass is 434 g/mol. The van der Waals surface area contributed by atoms with Gasteiger partial charge in [-0.25, -0.2) is 0 Å². The molecule has 6 atom stereocenters. The second-order valence-corrected chi connectivity index (χ2v) is 7.46. The molecule has 0 saturated carbocycles. The van der Waals surface area contributed by atoms with E-state index in [0.717, 1.165) is 6.07 Å². The fraction of sp³-hybridized carbons (Fsp3) is 0.381. The normalized spacial score (nSPS) is 30.4. The summed E-state index contributed by atoms with van der Waals surface area (Å²) in [5.41, 5.74) is 0.632. The highest BCUT2D eigenvalue weighted by Crippen LogP contribution is 2.42. The molecule has 0 spiro atoms. The van der Waals surface area contributed by atoms with Gasteiger partial charge in [-0.05, 0) is 17.7 Å². The summed E-state index contributed by atoms with van der Waals surface area (Å²) in [6.07, 6.45) is -8.09. The molecule has 1 fully saturated rings. The van der Waals surface area contributed by atoms with Crippen molar-refractivity contribution >= 4 is 5.78 Å². The quantitative estimate of drug-likeness (QED) is 0.385. The van der Waals surface area contributed by atoms with Gasteiger partial charge in [-0.15, -0.1) is 0 Å². The SMILES string of the molecule is O=C1CC(c2ccc(O)cc2)Oc2cc(O[C@H]3O[C@@H](CO)[C@H](O)[C@@H](O)[C@H]3O)cc(O)c21. The number of aliphatic hydroxyl groups excluding tert-OH is 4. The van der Waals surface area contributed by atoms with Gasteiger partial charge in [0.05, 0.1) is 13.0 Å². The van der Waals surface area contributed by atoms with E-state index in [1.54, 1.807) is 12.1 Å². The van der Waals surface area contributed by atoms with E-state index in [9.17, 15) is 35.4 Å². The first-order valence-electron chi connectivity index (χ1n) is 9.61. The lowest BCUT2D eigenvalue weighted by Crippen LogP contribution is -2.60. The highest BCUT2D eigenvalue weighted by molar-refractivity contribution is 6.02. The largest absolute Gasteiger partial charge is 0.508 e. The average Bonchev–Trinajstić information content (AvgIpc) is 2.74. The minimum absolute atomic E-state index is 0.0156. The molecule has 1 unspecified atom stereocenters. The fourth-order valence-electron chi connectivity index (χ4n) is 3.66. The van der Waals surface area contributed by atoms with Crippen molar-refractivity contribution in [3.63, 3.8) is 0 Å². The number of carbonyl (C=O) groups excluding carboxylic acids is 1. The zero-order valence-electron chi connectivity index (χ0n) is 16.2. The van der Waals surface area contributed by atoms with Crippen LogP contribution in [0.15, 0.2) is 36.4 Å². The van der Waals surface area contributed by atoms with Gasteiger partial charge < -0.3 is 44.8 Å². The molecule has 2 heterocycles. The molecule has 2 aromatic carbocycles. The Morgan fingerprint density at radius 1 is 1.00 bits per heavy atom. The molecule has 0 amide bonds. The van der Waals surface area contributed by atoms with Gasteiger partial charge in [0, 0.05) is 12.1 Å². The first-order valence-corrected chi connectivity index (χ1v) is 9.61. The number of aromatic hydroxyl groups is 2. The molecular formula is C21H22O10. The summed E-state index contributed by atoms with van der Waals surface area (Å²) in [6, 6.07) is 8.64. The number of phenolic OH excluding ortho intramolecular Hbond substituents is 2. The number of hydrogen-bond donors (Lipinski definition) is 6. The van der Waals surface area contributed by atoms with Crippen LogP contribution < -0.4 is 9.47 Å². The van der Waals surface area contributed by atoms with Crippen LogP contribution in [0.3, 0.4) is 0 Å². The number of rotatable bonds is 4. The minimum atomic E-state index is -1.64. The lowest BCUT2D eigenvalue weighted by atomic mass is 9.95. The van der Waals surface area contributed by atoms with E-state index in [-0.39, 0.29) is 35.0 Å². The molecule has 2 aliphatic heterocycles. The van der Waals surface area contributed by atoms with Crippen molar-refractivity contribution in [3.05, 3.63) is 47.5 Å². The van der Waals surface area contributed by atoms with Gasteiger partial charge >= 0.3 is 0 Å². The molecular weight excluding hydrogens is 412 g/mol. The predicted molar refractivity (Wildman–Crippen MR) is 103 cm³/mol. The molecule has 0 bridgehead atoms. The molecule has 4 rings (SSSR count). The molecule has 0 aliphatic carbocycles. The van der Waals surface area contributed by atoms with Gasteiger partial charge in [0.2, 0.25) is 6.29 Å². The van der Waals surface area contributed by atoms with E-state index < -0.39 is 49.2 Å². The van der Waals surface area contributed by atoms with E-state index in [2.05, 4.69) is 0 Å².